The Hall–Kier alpha value is -3.60. The van der Waals surface area contributed by atoms with Gasteiger partial charge in [0.2, 0.25) is 0 Å². The minimum Gasteiger partial charge on any atom is -0.462 e. The van der Waals surface area contributed by atoms with E-state index in [1.54, 1.807) is 0 Å². The number of rotatable bonds is 49. The molecular formula is C58H97O11P. The number of esters is 3. The van der Waals surface area contributed by atoms with Gasteiger partial charge in [-0.2, -0.15) is 0 Å². The lowest BCUT2D eigenvalue weighted by Crippen LogP contribution is -2.30. The third-order valence-electron chi connectivity index (χ3n) is 11.0. The first kappa shape index (κ1) is 66.4. The van der Waals surface area contributed by atoms with Crippen molar-refractivity contribution in [1.82, 2.24) is 0 Å². The SMILES string of the molecule is CC/C=C\C/C=C\C/C=C\C/C=C\CCC(=O)OCC(COP(=O)(O)OCC(CO)OC(=O)CCCCCCC/C=C\CCCCCC)OC(=O)CCCCCCCCC/C=C\C/C=C\C/C=C\CC. The Morgan fingerprint density at radius 3 is 1.21 bits per heavy atom. The highest BCUT2D eigenvalue weighted by Crippen LogP contribution is 2.43. The molecule has 2 N–H and O–H groups in total. The number of carbonyl (C=O) groups excluding carboxylic acids is 3. The first-order chi connectivity index (χ1) is 34.2. The molecule has 3 atom stereocenters. The minimum absolute atomic E-state index is 0.0987. The molecule has 0 saturated heterocycles. The molecule has 3 unspecified atom stereocenters. The lowest BCUT2D eigenvalue weighted by atomic mass is 10.1. The molecule has 400 valence electrons. The number of phosphoric ester groups is 1. The Balaban J connectivity index is 4.83. The number of allylic oxidation sites excluding steroid dienone is 16. The van der Waals surface area contributed by atoms with E-state index in [0.29, 0.717) is 19.3 Å². The fourth-order valence-corrected chi connectivity index (χ4v) is 7.69. The van der Waals surface area contributed by atoms with Crippen LogP contribution in [0.5, 0.6) is 0 Å². The summed E-state index contributed by atoms with van der Waals surface area (Å²) >= 11 is 0. The monoisotopic (exact) mass is 1000 g/mol. The Bertz CT molecular complexity index is 1540. The molecule has 0 aromatic rings. The van der Waals surface area contributed by atoms with Crippen molar-refractivity contribution in [2.45, 2.75) is 226 Å². The van der Waals surface area contributed by atoms with E-state index in [-0.39, 0.29) is 25.9 Å². The summed E-state index contributed by atoms with van der Waals surface area (Å²) in [6.07, 6.45) is 59.6. The summed E-state index contributed by atoms with van der Waals surface area (Å²) in [4.78, 5) is 48.4. The summed E-state index contributed by atoms with van der Waals surface area (Å²) < 4.78 is 39.3. The fourth-order valence-electron chi connectivity index (χ4n) is 6.91. The molecule has 12 heteroatoms. The van der Waals surface area contributed by atoms with Crippen molar-refractivity contribution in [3.63, 3.8) is 0 Å². The molecule has 11 nitrogen and oxygen atoms in total. The molecule has 0 bridgehead atoms. The van der Waals surface area contributed by atoms with Gasteiger partial charge in [-0.05, 0) is 103 Å². The predicted octanol–water partition coefficient (Wildman–Crippen LogP) is 15.7. The van der Waals surface area contributed by atoms with Gasteiger partial charge in [-0.15, -0.1) is 0 Å². The van der Waals surface area contributed by atoms with Gasteiger partial charge in [-0.3, -0.25) is 23.4 Å². The number of aliphatic hydroxyl groups is 1. The topological polar surface area (TPSA) is 155 Å². The third-order valence-corrected chi connectivity index (χ3v) is 11.9. The maximum Gasteiger partial charge on any atom is 0.472 e. The average molecular weight is 1000 g/mol. The van der Waals surface area contributed by atoms with Gasteiger partial charge in [0.05, 0.1) is 19.8 Å². The number of ether oxygens (including phenoxy) is 3. The number of hydrogen-bond acceptors (Lipinski definition) is 10. The van der Waals surface area contributed by atoms with Crippen LogP contribution in [0.1, 0.15) is 213 Å². The van der Waals surface area contributed by atoms with Gasteiger partial charge in [-0.1, -0.05) is 189 Å². The summed E-state index contributed by atoms with van der Waals surface area (Å²) in [6, 6.07) is 0. The van der Waals surface area contributed by atoms with E-state index >= 15 is 0 Å². The van der Waals surface area contributed by atoms with Crippen LogP contribution in [0.15, 0.2) is 97.2 Å². The molecule has 0 aliphatic carbocycles. The third kappa shape index (κ3) is 49.4. The van der Waals surface area contributed by atoms with Gasteiger partial charge in [0, 0.05) is 19.3 Å². The van der Waals surface area contributed by atoms with E-state index in [0.717, 1.165) is 128 Å². The Morgan fingerprint density at radius 1 is 0.414 bits per heavy atom. The maximum atomic E-state index is 12.9. The summed E-state index contributed by atoms with van der Waals surface area (Å²) in [5.41, 5.74) is 0. The highest BCUT2D eigenvalue weighted by atomic mass is 31.2. The van der Waals surface area contributed by atoms with Crippen LogP contribution >= 0.6 is 7.82 Å². The minimum atomic E-state index is -4.77. The number of hydrogen-bond donors (Lipinski definition) is 2. The average Bonchev–Trinajstić information content (AvgIpc) is 3.35. The molecule has 0 fully saturated rings. The normalized spacial score (nSPS) is 14.2. The first-order valence-electron chi connectivity index (χ1n) is 27.1. The van der Waals surface area contributed by atoms with Gasteiger partial charge >= 0.3 is 25.7 Å². The van der Waals surface area contributed by atoms with Gasteiger partial charge in [0.15, 0.2) is 6.10 Å². The molecule has 0 radical (unpaired) electrons. The lowest BCUT2D eigenvalue weighted by Gasteiger charge is -2.21. The Kier molecular flexibility index (Phi) is 49.1. The van der Waals surface area contributed by atoms with Crippen molar-refractivity contribution in [2.24, 2.45) is 0 Å². The molecule has 0 rings (SSSR count). The van der Waals surface area contributed by atoms with Gasteiger partial charge in [0.25, 0.3) is 0 Å². The zero-order valence-electron chi connectivity index (χ0n) is 43.9. The van der Waals surface area contributed by atoms with Gasteiger partial charge in [-0.25, -0.2) is 4.57 Å². The molecule has 0 saturated carbocycles. The zero-order valence-corrected chi connectivity index (χ0v) is 44.8. The molecular weight excluding hydrogens is 904 g/mol. The van der Waals surface area contributed by atoms with Crippen LogP contribution < -0.4 is 0 Å². The smallest absolute Gasteiger partial charge is 0.462 e. The Morgan fingerprint density at radius 2 is 0.771 bits per heavy atom. The van der Waals surface area contributed by atoms with Crippen molar-refractivity contribution in [3.05, 3.63) is 97.2 Å². The van der Waals surface area contributed by atoms with Crippen LogP contribution in [-0.2, 0) is 42.2 Å². The quantitative estimate of drug-likeness (QED) is 0.0197. The number of unbranched alkanes of at least 4 members (excludes halogenated alkanes) is 16. The van der Waals surface area contributed by atoms with Gasteiger partial charge in [0.1, 0.15) is 12.7 Å². The Labute approximate surface area is 425 Å². The van der Waals surface area contributed by atoms with Gasteiger partial charge < -0.3 is 24.2 Å². The van der Waals surface area contributed by atoms with E-state index in [2.05, 4.69) is 106 Å². The first-order valence-corrected chi connectivity index (χ1v) is 28.6. The van der Waals surface area contributed by atoms with Crippen molar-refractivity contribution in [1.29, 1.82) is 0 Å². The van der Waals surface area contributed by atoms with Crippen LogP contribution in [0.3, 0.4) is 0 Å². The summed E-state index contributed by atoms with van der Waals surface area (Å²) in [7, 11) is -4.77. The highest BCUT2D eigenvalue weighted by molar-refractivity contribution is 7.47. The van der Waals surface area contributed by atoms with Crippen LogP contribution in [-0.4, -0.2) is 66.5 Å². The zero-order chi connectivity index (χ0) is 51.3. The molecule has 0 spiro atoms. The molecule has 70 heavy (non-hydrogen) atoms. The van der Waals surface area contributed by atoms with E-state index in [9.17, 15) is 28.9 Å². The van der Waals surface area contributed by atoms with E-state index < -0.39 is 57.8 Å². The molecule has 0 heterocycles. The highest BCUT2D eigenvalue weighted by Gasteiger charge is 2.28. The largest absolute Gasteiger partial charge is 0.472 e. The van der Waals surface area contributed by atoms with E-state index in [4.69, 9.17) is 23.3 Å². The molecule has 0 aliphatic rings. The molecule has 0 amide bonds. The molecule has 0 aromatic heterocycles. The summed E-state index contributed by atoms with van der Waals surface area (Å²) in [6.45, 7) is 4.28. The molecule has 0 aliphatic heterocycles. The van der Waals surface area contributed by atoms with Crippen molar-refractivity contribution in [2.75, 3.05) is 26.4 Å². The van der Waals surface area contributed by atoms with Crippen LogP contribution in [0.25, 0.3) is 0 Å². The standard InChI is InChI=1S/C58H97O11P/c1-4-7-10-13-16-19-22-25-26-27-28-31-34-37-40-43-46-49-58(62)69-55(51-65-56(60)47-44-41-38-35-32-29-23-20-17-14-11-8-5-2)53-67-70(63,64)66-52-54(50-59)68-57(61)48-45-42-39-36-33-30-24-21-18-15-12-9-6-3/h7-8,10-11,16-17,19-21,24-26,29,32,38,41,54-55,59H,4-6,9,12-15,18,22-23,27-28,30-31,33-37,39-40,42-53H2,1-3H3,(H,63,64)/b10-7-,11-8-,19-16-,20-17-,24-21-,26-25-,32-29-,41-38-. The van der Waals surface area contributed by atoms with Crippen LogP contribution in [0, 0.1) is 0 Å². The fraction of sp³-hybridized carbons (Fsp3) is 0.672. The second-order valence-corrected chi connectivity index (χ2v) is 19.1. The van der Waals surface area contributed by atoms with Crippen molar-refractivity contribution >= 4 is 25.7 Å². The summed E-state index contributed by atoms with van der Waals surface area (Å²) in [5, 5.41) is 9.79. The molecule has 0 aromatic carbocycles. The van der Waals surface area contributed by atoms with Crippen molar-refractivity contribution in [3.8, 4) is 0 Å². The van der Waals surface area contributed by atoms with Crippen LogP contribution in [0.4, 0.5) is 0 Å². The number of aliphatic hydroxyl groups excluding tert-OH is 1. The summed E-state index contributed by atoms with van der Waals surface area (Å²) in [5.74, 6) is -1.59. The number of carbonyl (C=O) groups is 3. The second kappa shape index (κ2) is 51.7. The van der Waals surface area contributed by atoms with E-state index in [1.165, 1.54) is 25.7 Å². The van der Waals surface area contributed by atoms with Crippen molar-refractivity contribution < 1.29 is 52.2 Å². The maximum absolute atomic E-state index is 12.9. The second-order valence-electron chi connectivity index (χ2n) is 17.6. The van der Waals surface area contributed by atoms with E-state index in [1.807, 2.05) is 12.2 Å². The number of phosphoric acid groups is 1. The lowest BCUT2D eigenvalue weighted by molar-refractivity contribution is -0.161. The van der Waals surface area contributed by atoms with Crippen LogP contribution in [0.2, 0.25) is 0 Å². The predicted molar refractivity (Wildman–Crippen MR) is 288 cm³/mol.